The number of carbonyl (C=O) groups is 2. The number of hydrogen-bond donors (Lipinski definition) is 2. The summed E-state index contributed by atoms with van der Waals surface area (Å²) in [5.74, 6) is -1.05. The minimum absolute atomic E-state index is 0.0780. The van der Waals surface area contributed by atoms with Gasteiger partial charge in [0.15, 0.2) is 0 Å². The average molecular weight is 349 g/mol. The van der Waals surface area contributed by atoms with Gasteiger partial charge in [-0.25, -0.2) is 9.18 Å². The summed E-state index contributed by atoms with van der Waals surface area (Å²) in [5, 5.41) is 2.71. The molecule has 7 heteroatoms. The number of hydrogen-bond acceptors (Lipinski definition) is 3. The van der Waals surface area contributed by atoms with Crippen LogP contribution < -0.4 is 11.1 Å². The van der Waals surface area contributed by atoms with Crippen LogP contribution >= 0.6 is 0 Å². The lowest BCUT2D eigenvalue weighted by atomic mass is 9.84. The van der Waals surface area contributed by atoms with Gasteiger partial charge >= 0.3 is 6.03 Å². The molecule has 0 radical (unpaired) electrons. The number of anilines is 1. The van der Waals surface area contributed by atoms with Gasteiger partial charge in [0, 0.05) is 18.8 Å². The first-order valence-electron chi connectivity index (χ1n) is 8.81. The lowest BCUT2D eigenvalue weighted by molar-refractivity contribution is -0.0511. The third-order valence-corrected chi connectivity index (χ3v) is 5.04. The Morgan fingerprint density at radius 3 is 2.72 bits per heavy atom. The smallest absolute Gasteiger partial charge is 0.322 e. The van der Waals surface area contributed by atoms with Gasteiger partial charge in [-0.1, -0.05) is 19.3 Å². The molecule has 1 heterocycles. The van der Waals surface area contributed by atoms with E-state index in [1.807, 2.05) is 0 Å². The van der Waals surface area contributed by atoms with E-state index in [1.54, 1.807) is 4.90 Å². The van der Waals surface area contributed by atoms with Crippen molar-refractivity contribution in [2.75, 3.05) is 25.0 Å². The number of rotatable bonds is 3. The van der Waals surface area contributed by atoms with Crippen molar-refractivity contribution >= 4 is 17.6 Å². The summed E-state index contributed by atoms with van der Waals surface area (Å²) < 4.78 is 19.4. The molecule has 1 atom stereocenters. The topological polar surface area (TPSA) is 84.7 Å². The molecule has 3 amide bonds. The number of benzene rings is 1. The van der Waals surface area contributed by atoms with Crippen molar-refractivity contribution in [2.24, 2.45) is 11.7 Å². The maximum atomic E-state index is 13.5. The Labute approximate surface area is 146 Å². The van der Waals surface area contributed by atoms with Crippen LogP contribution in [0, 0.1) is 11.7 Å². The minimum Gasteiger partial charge on any atom is -0.374 e. The molecule has 2 aliphatic rings. The summed E-state index contributed by atoms with van der Waals surface area (Å²) in [7, 11) is 0. The zero-order valence-corrected chi connectivity index (χ0v) is 14.2. The normalized spacial score (nSPS) is 21.8. The van der Waals surface area contributed by atoms with Gasteiger partial charge < -0.3 is 20.7 Å². The third kappa shape index (κ3) is 4.28. The summed E-state index contributed by atoms with van der Waals surface area (Å²) in [6.45, 7) is 1.59. The molecule has 3 rings (SSSR count). The first-order chi connectivity index (χ1) is 12.0. The fraction of sp³-hybridized carbons (Fsp3) is 0.556. The van der Waals surface area contributed by atoms with Crippen molar-refractivity contribution < 1.29 is 18.7 Å². The Hall–Kier alpha value is -2.15. The van der Waals surface area contributed by atoms with Crippen LogP contribution in [0.5, 0.6) is 0 Å². The van der Waals surface area contributed by atoms with Gasteiger partial charge in [0.25, 0.3) is 5.91 Å². The summed E-state index contributed by atoms with van der Waals surface area (Å²) in [4.78, 5) is 25.5. The zero-order chi connectivity index (χ0) is 17.8. The van der Waals surface area contributed by atoms with Gasteiger partial charge in [0.1, 0.15) is 5.82 Å². The molecule has 1 saturated carbocycles. The average Bonchev–Trinajstić information content (AvgIpc) is 2.64. The van der Waals surface area contributed by atoms with Gasteiger partial charge in [-0.15, -0.1) is 0 Å². The molecule has 25 heavy (non-hydrogen) atoms. The lowest BCUT2D eigenvalue weighted by Crippen LogP contribution is -2.49. The highest BCUT2D eigenvalue weighted by atomic mass is 19.1. The molecule has 2 fully saturated rings. The van der Waals surface area contributed by atoms with Crippen molar-refractivity contribution in [3.63, 3.8) is 0 Å². The molecule has 0 aromatic heterocycles. The molecule has 136 valence electrons. The van der Waals surface area contributed by atoms with E-state index in [1.165, 1.54) is 31.4 Å². The fourth-order valence-electron chi connectivity index (χ4n) is 3.65. The molecule has 1 unspecified atom stereocenters. The number of urea groups is 1. The Morgan fingerprint density at radius 1 is 1.24 bits per heavy atom. The van der Waals surface area contributed by atoms with Gasteiger partial charge in [-0.2, -0.15) is 0 Å². The molecule has 1 aromatic rings. The standard InChI is InChI=1S/C18H24FN3O3/c19-15-7-6-13(10-14(15)17(20)23)21-18(24)22-8-9-25-16(11-22)12-4-2-1-3-5-12/h6-7,10,12,16H,1-5,8-9,11H2,(H2,20,23)(H,21,24). The predicted molar refractivity (Wildman–Crippen MR) is 91.8 cm³/mol. The highest BCUT2D eigenvalue weighted by molar-refractivity contribution is 5.96. The molecule has 1 aliphatic carbocycles. The fourth-order valence-corrected chi connectivity index (χ4v) is 3.65. The third-order valence-electron chi connectivity index (χ3n) is 5.04. The SMILES string of the molecule is NC(=O)c1cc(NC(=O)N2CCOC(C3CCCCC3)C2)ccc1F. The number of nitrogens with zero attached hydrogens (tertiary/aromatic N) is 1. The highest BCUT2D eigenvalue weighted by Crippen LogP contribution is 2.29. The Kier molecular flexibility index (Phi) is 5.53. The quantitative estimate of drug-likeness (QED) is 0.880. The van der Waals surface area contributed by atoms with Crippen LogP contribution in [0.2, 0.25) is 0 Å². The Bertz CT molecular complexity index is 646. The second kappa shape index (κ2) is 7.82. The summed E-state index contributed by atoms with van der Waals surface area (Å²) in [6.07, 6.45) is 6.11. The van der Waals surface area contributed by atoms with Crippen molar-refractivity contribution in [3.05, 3.63) is 29.6 Å². The molecular weight excluding hydrogens is 325 g/mol. The van der Waals surface area contributed by atoms with E-state index in [-0.39, 0.29) is 17.7 Å². The van der Waals surface area contributed by atoms with Gasteiger partial charge in [-0.05, 0) is 37.0 Å². The lowest BCUT2D eigenvalue weighted by Gasteiger charge is -2.38. The largest absolute Gasteiger partial charge is 0.374 e. The van der Waals surface area contributed by atoms with Gasteiger partial charge in [0.05, 0.1) is 18.3 Å². The van der Waals surface area contributed by atoms with E-state index in [0.717, 1.165) is 18.9 Å². The monoisotopic (exact) mass is 349 g/mol. The van der Waals surface area contributed by atoms with E-state index >= 15 is 0 Å². The number of nitrogens with one attached hydrogen (secondary N) is 1. The van der Waals surface area contributed by atoms with Crippen LogP contribution in [-0.2, 0) is 4.74 Å². The van der Waals surface area contributed by atoms with E-state index in [4.69, 9.17) is 10.5 Å². The number of ether oxygens (including phenoxy) is 1. The van der Waals surface area contributed by atoms with Crippen LogP contribution in [-0.4, -0.2) is 42.6 Å². The number of carbonyl (C=O) groups excluding carboxylic acids is 2. The first kappa shape index (κ1) is 17.7. The summed E-state index contributed by atoms with van der Waals surface area (Å²) in [5.41, 5.74) is 5.25. The zero-order valence-electron chi connectivity index (χ0n) is 14.2. The van der Waals surface area contributed by atoms with E-state index in [9.17, 15) is 14.0 Å². The molecule has 1 aromatic carbocycles. The summed E-state index contributed by atoms with van der Waals surface area (Å²) in [6, 6.07) is 3.53. The second-order valence-electron chi connectivity index (χ2n) is 6.74. The number of halogens is 1. The number of primary amides is 1. The molecular formula is C18H24FN3O3. The van der Waals surface area contributed by atoms with Crippen molar-refractivity contribution in [3.8, 4) is 0 Å². The van der Waals surface area contributed by atoms with Crippen molar-refractivity contribution in [2.45, 2.75) is 38.2 Å². The summed E-state index contributed by atoms with van der Waals surface area (Å²) >= 11 is 0. The van der Waals surface area contributed by atoms with E-state index < -0.39 is 11.7 Å². The Morgan fingerprint density at radius 2 is 2.00 bits per heavy atom. The van der Waals surface area contributed by atoms with Crippen LogP contribution in [0.1, 0.15) is 42.5 Å². The van der Waals surface area contributed by atoms with Crippen LogP contribution in [0.15, 0.2) is 18.2 Å². The maximum Gasteiger partial charge on any atom is 0.322 e. The highest BCUT2D eigenvalue weighted by Gasteiger charge is 2.31. The number of nitrogens with two attached hydrogens (primary N) is 1. The molecule has 6 nitrogen and oxygen atoms in total. The maximum absolute atomic E-state index is 13.5. The minimum atomic E-state index is -0.864. The number of morpholine rings is 1. The van der Waals surface area contributed by atoms with Crippen LogP contribution in [0.25, 0.3) is 0 Å². The van der Waals surface area contributed by atoms with Gasteiger partial charge in [0.2, 0.25) is 0 Å². The van der Waals surface area contributed by atoms with E-state index in [0.29, 0.717) is 31.3 Å². The van der Waals surface area contributed by atoms with Crippen LogP contribution in [0.3, 0.4) is 0 Å². The molecule has 0 spiro atoms. The van der Waals surface area contributed by atoms with E-state index in [2.05, 4.69) is 5.32 Å². The molecule has 0 bridgehead atoms. The van der Waals surface area contributed by atoms with Crippen LogP contribution in [0.4, 0.5) is 14.9 Å². The number of amides is 3. The predicted octanol–water partition coefficient (Wildman–Crippen LogP) is 2.74. The van der Waals surface area contributed by atoms with Gasteiger partial charge in [-0.3, -0.25) is 4.79 Å². The van der Waals surface area contributed by atoms with Crippen molar-refractivity contribution in [1.82, 2.24) is 4.90 Å². The Balaban J connectivity index is 1.62. The molecule has 3 N–H and O–H groups in total. The molecule has 1 saturated heterocycles. The first-order valence-corrected chi connectivity index (χ1v) is 8.81. The second-order valence-corrected chi connectivity index (χ2v) is 6.74. The van der Waals surface area contributed by atoms with Crippen molar-refractivity contribution in [1.29, 1.82) is 0 Å². The molecule has 1 aliphatic heterocycles.